The van der Waals surface area contributed by atoms with Gasteiger partial charge in [0.15, 0.2) is 0 Å². The molecule has 0 aliphatic heterocycles. The first-order valence-corrected chi connectivity index (χ1v) is 5.42. The lowest BCUT2D eigenvalue weighted by Gasteiger charge is -2.12. The molecule has 4 nitrogen and oxygen atoms in total. The van der Waals surface area contributed by atoms with Crippen LogP contribution in [-0.4, -0.2) is 23.8 Å². The summed E-state index contributed by atoms with van der Waals surface area (Å²) < 4.78 is 0. The molecule has 16 heavy (non-hydrogen) atoms. The van der Waals surface area contributed by atoms with Crippen LogP contribution in [0.4, 0.5) is 10.5 Å². The first kappa shape index (κ1) is 13.1. The fraction of sp³-hybridized carbons (Fsp3) is 0.300. The molecule has 3 N–H and O–H groups in total. The second-order valence-corrected chi connectivity index (χ2v) is 4.13. The van der Waals surface area contributed by atoms with E-state index in [0.717, 1.165) is 0 Å². The SMILES string of the molecule is C[C@H](CO)NC(=O)Nc1ccc(Cl)c(Cl)c1. The van der Waals surface area contributed by atoms with Gasteiger partial charge in [-0.2, -0.15) is 0 Å². The number of hydrogen-bond acceptors (Lipinski definition) is 2. The molecule has 0 bridgehead atoms. The summed E-state index contributed by atoms with van der Waals surface area (Å²) in [6, 6.07) is 4.07. The van der Waals surface area contributed by atoms with Gasteiger partial charge in [0, 0.05) is 5.69 Å². The van der Waals surface area contributed by atoms with Crippen molar-refractivity contribution >= 4 is 34.9 Å². The molecule has 0 unspecified atom stereocenters. The maximum absolute atomic E-state index is 11.4. The summed E-state index contributed by atoms with van der Waals surface area (Å²) in [5.41, 5.74) is 0.539. The minimum atomic E-state index is -0.403. The van der Waals surface area contributed by atoms with Gasteiger partial charge in [-0.1, -0.05) is 23.2 Å². The molecule has 0 heterocycles. The van der Waals surface area contributed by atoms with Crippen molar-refractivity contribution in [2.75, 3.05) is 11.9 Å². The number of halogens is 2. The highest BCUT2D eigenvalue weighted by Gasteiger charge is 2.06. The van der Waals surface area contributed by atoms with Crippen LogP contribution in [0.5, 0.6) is 0 Å². The van der Waals surface area contributed by atoms with Crippen molar-refractivity contribution in [3.8, 4) is 0 Å². The summed E-state index contributed by atoms with van der Waals surface area (Å²) in [6.45, 7) is 1.57. The Morgan fingerprint density at radius 3 is 2.69 bits per heavy atom. The highest BCUT2D eigenvalue weighted by Crippen LogP contribution is 2.24. The van der Waals surface area contributed by atoms with Crippen LogP contribution in [0.3, 0.4) is 0 Å². The summed E-state index contributed by atoms with van der Waals surface area (Å²) in [7, 11) is 0. The van der Waals surface area contributed by atoms with Crippen LogP contribution >= 0.6 is 23.2 Å². The third-order valence-corrected chi connectivity index (χ3v) is 2.57. The monoisotopic (exact) mass is 262 g/mol. The molecular weight excluding hydrogens is 251 g/mol. The van der Waals surface area contributed by atoms with Crippen LogP contribution in [0.2, 0.25) is 10.0 Å². The number of amides is 2. The van der Waals surface area contributed by atoms with E-state index in [1.807, 2.05) is 0 Å². The van der Waals surface area contributed by atoms with E-state index in [1.165, 1.54) is 0 Å². The third-order valence-electron chi connectivity index (χ3n) is 1.83. The Morgan fingerprint density at radius 1 is 1.44 bits per heavy atom. The first-order chi connectivity index (χ1) is 7.52. The minimum absolute atomic E-state index is 0.116. The van der Waals surface area contributed by atoms with Gasteiger partial charge in [0.05, 0.1) is 22.7 Å². The topological polar surface area (TPSA) is 61.4 Å². The minimum Gasteiger partial charge on any atom is -0.394 e. The lowest BCUT2D eigenvalue weighted by atomic mass is 10.3. The molecule has 0 aromatic heterocycles. The van der Waals surface area contributed by atoms with Gasteiger partial charge in [0.2, 0.25) is 0 Å². The number of urea groups is 1. The second-order valence-electron chi connectivity index (χ2n) is 3.31. The average molecular weight is 263 g/mol. The Bertz CT molecular complexity index is 385. The molecule has 2 amide bonds. The van der Waals surface area contributed by atoms with E-state index in [2.05, 4.69) is 10.6 Å². The zero-order chi connectivity index (χ0) is 12.1. The predicted molar refractivity (Wildman–Crippen MR) is 65.2 cm³/mol. The van der Waals surface area contributed by atoms with Crippen molar-refractivity contribution in [1.82, 2.24) is 5.32 Å². The Kier molecular flexibility index (Phi) is 4.86. The van der Waals surface area contributed by atoms with Crippen molar-refractivity contribution in [3.05, 3.63) is 28.2 Å². The van der Waals surface area contributed by atoms with Crippen molar-refractivity contribution in [2.45, 2.75) is 13.0 Å². The summed E-state index contributed by atoms with van der Waals surface area (Å²) >= 11 is 11.5. The molecular formula is C10H12Cl2N2O2. The number of carbonyl (C=O) groups excluding carboxylic acids is 1. The highest BCUT2D eigenvalue weighted by molar-refractivity contribution is 6.42. The molecule has 0 aliphatic carbocycles. The summed E-state index contributed by atoms with van der Waals surface area (Å²) in [5.74, 6) is 0. The van der Waals surface area contributed by atoms with Crippen LogP contribution < -0.4 is 10.6 Å². The van der Waals surface area contributed by atoms with E-state index in [0.29, 0.717) is 15.7 Å². The number of rotatable bonds is 3. The number of aliphatic hydroxyl groups excluding tert-OH is 1. The van der Waals surface area contributed by atoms with E-state index in [4.69, 9.17) is 28.3 Å². The van der Waals surface area contributed by atoms with E-state index in [9.17, 15) is 4.79 Å². The van der Waals surface area contributed by atoms with Gasteiger partial charge >= 0.3 is 6.03 Å². The number of anilines is 1. The van der Waals surface area contributed by atoms with Crippen molar-refractivity contribution < 1.29 is 9.90 Å². The lowest BCUT2D eigenvalue weighted by molar-refractivity contribution is 0.229. The maximum atomic E-state index is 11.4. The number of benzene rings is 1. The summed E-state index contributed by atoms with van der Waals surface area (Å²) in [4.78, 5) is 11.4. The maximum Gasteiger partial charge on any atom is 0.319 e. The average Bonchev–Trinajstić information content (AvgIpc) is 2.23. The predicted octanol–water partition coefficient (Wildman–Crippen LogP) is 2.50. The number of hydrogen-bond donors (Lipinski definition) is 3. The van der Waals surface area contributed by atoms with Gasteiger partial charge < -0.3 is 15.7 Å². The van der Waals surface area contributed by atoms with Crippen molar-refractivity contribution in [1.29, 1.82) is 0 Å². The van der Waals surface area contributed by atoms with E-state index in [-0.39, 0.29) is 12.6 Å². The molecule has 1 atom stereocenters. The normalized spacial score (nSPS) is 12.0. The molecule has 0 fully saturated rings. The Labute approximate surface area is 104 Å². The van der Waals surface area contributed by atoms with Gasteiger partial charge in [0.1, 0.15) is 0 Å². The first-order valence-electron chi connectivity index (χ1n) is 4.66. The zero-order valence-corrected chi connectivity index (χ0v) is 10.1. The Hall–Kier alpha value is -0.970. The summed E-state index contributed by atoms with van der Waals surface area (Å²) in [6.07, 6.45) is 0. The fourth-order valence-corrected chi connectivity index (χ4v) is 1.31. The van der Waals surface area contributed by atoms with Gasteiger partial charge in [-0.15, -0.1) is 0 Å². The quantitative estimate of drug-likeness (QED) is 0.784. The van der Waals surface area contributed by atoms with Gasteiger partial charge in [-0.3, -0.25) is 0 Å². The van der Waals surface area contributed by atoms with Crippen molar-refractivity contribution in [2.24, 2.45) is 0 Å². The standard InChI is InChI=1S/C10H12Cl2N2O2/c1-6(5-15)13-10(16)14-7-2-3-8(11)9(12)4-7/h2-4,6,15H,5H2,1H3,(H2,13,14,16)/t6-/m1/s1. The van der Waals surface area contributed by atoms with Crippen LogP contribution in [0.25, 0.3) is 0 Å². The fourth-order valence-electron chi connectivity index (χ4n) is 1.01. The molecule has 0 saturated heterocycles. The molecule has 0 radical (unpaired) electrons. The molecule has 0 spiro atoms. The smallest absolute Gasteiger partial charge is 0.319 e. The van der Waals surface area contributed by atoms with Crippen LogP contribution in [0.15, 0.2) is 18.2 Å². The molecule has 0 saturated carbocycles. The molecule has 1 aromatic carbocycles. The third kappa shape index (κ3) is 3.89. The molecule has 6 heteroatoms. The molecule has 88 valence electrons. The lowest BCUT2D eigenvalue weighted by Crippen LogP contribution is -2.38. The second kappa shape index (κ2) is 5.94. The van der Waals surface area contributed by atoms with E-state index >= 15 is 0 Å². The Morgan fingerprint density at radius 2 is 2.12 bits per heavy atom. The Balaban J connectivity index is 2.59. The van der Waals surface area contributed by atoms with Crippen LogP contribution in [0, 0.1) is 0 Å². The van der Waals surface area contributed by atoms with Gasteiger partial charge in [0.25, 0.3) is 0 Å². The molecule has 1 rings (SSSR count). The van der Waals surface area contributed by atoms with Crippen LogP contribution in [-0.2, 0) is 0 Å². The largest absolute Gasteiger partial charge is 0.394 e. The van der Waals surface area contributed by atoms with Crippen molar-refractivity contribution in [3.63, 3.8) is 0 Å². The number of aliphatic hydroxyl groups is 1. The van der Waals surface area contributed by atoms with E-state index in [1.54, 1.807) is 25.1 Å². The highest BCUT2D eigenvalue weighted by atomic mass is 35.5. The van der Waals surface area contributed by atoms with Crippen LogP contribution in [0.1, 0.15) is 6.92 Å². The molecule has 1 aromatic rings. The van der Waals surface area contributed by atoms with Gasteiger partial charge in [-0.25, -0.2) is 4.79 Å². The number of nitrogens with one attached hydrogen (secondary N) is 2. The zero-order valence-electron chi connectivity index (χ0n) is 8.63. The van der Waals surface area contributed by atoms with Gasteiger partial charge in [-0.05, 0) is 25.1 Å². The summed E-state index contributed by atoms with van der Waals surface area (Å²) in [5, 5.41) is 14.7. The number of carbonyl (C=O) groups is 1. The molecule has 0 aliphatic rings. The van der Waals surface area contributed by atoms with E-state index < -0.39 is 6.03 Å².